The van der Waals surface area contributed by atoms with E-state index in [1.807, 2.05) is 6.20 Å². The van der Waals surface area contributed by atoms with Gasteiger partial charge in [-0.25, -0.2) is 0 Å². The Morgan fingerprint density at radius 3 is 1.47 bits per heavy atom. The fraction of sp³-hybridized carbons (Fsp3) is 0.298. The van der Waals surface area contributed by atoms with E-state index in [1.165, 1.54) is 65.2 Å². The molecule has 0 bridgehead atoms. The topological polar surface area (TPSA) is 36.3 Å². The zero-order valence-electron chi connectivity index (χ0n) is 31.7. The van der Waals surface area contributed by atoms with E-state index in [9.17, 15) is 0 Å². The van der Waals surface area contributed by atoms with E-state index in [-0.39, 0.29) is 5.82 Å². The molecule has 0 unspecified atom stereocenters. The summed E-state index contributed by atoms with van der Waals surface area (Å²) in [5, 5.41) is 4.05. The standard InChI is InChI=1S/C47H55BN2O2Si/c1-3-5-7-18-36-51-41-26-30-44(31-27-41)53(43-24-16-11-17-25-43,45-32-28-42(29-33-45)52-37-19-8-6-4-2)38-50-35-34-49-47(50)48-46(39-20-12-9-13-21-39)40-22-14-10-15-23-40/h9-17,20-35,46,48H,3-8,18-19,36-38H2,1-2H3. The molecule has 4 nitrogen and oxygen atoms in total. The van der Waals surface area contributed by atoms with Gasteiger partial charge in [0.15, 0.2) is 8.07 Å². The van der Waals surface area contributed by atoms with E-state index in [4.69, 9.17) is 14.5 Å². The number of rotatable bonds is 21. The van der Waals surface area contributed by atoms with Gasteiger partial charge in [0.1, 0.15) is 11.5 Å². The molecule has 0 amide bonds. The van der Waals surface area contributed by atoms with E-state index < -0.39 is 8.07 Å². The highest BCUT2D eigenvalue weighted by atomic mass is 28.3. The minimum absolute atomic E-state index is 0.189. The maximum atomic E-state index is 6.25. The summed E-state index contributed by atoms with van der Waals surface area (Å²) in [5.74, 6) is 2.06. The van der Waals surface area contributed by atoms with Crippen LogP contribution in [0.5, 0.6) is 11.5 Å². The molecule has 0 N–H and O–H groups in total. The normalized spacial score (nSPS) is 11.5. The highest BCUT2D eigenvalue weighted by Crippen LogP contribution is 2.24. The Balaban J connectivity index is 1.39. The van der Waals surface area contributed by atoms with Crippen molar-refractivity contribution in [3.8, 4) is 11.5 Å². The minimum Gasteiger partial charge on any atom is -0.494 e. The zero-order valence-corrected chi connectivity index (χ0v) is 32.7. The minimum atomic E-state index is -2.70. The summed E-state index contributed by atoms with van der Waals surface area (Å²) < 4.78 is 14.9. The third-order valence-corrected chi connectivity index (χ3v) is 15.3. The van der Waals surface area contributed by atoms with Crippen molar-refractivity contribution in [1.82, 2.24) is 9.55 Å². The summed E-state index contributed by atoms with van der Waals surface area (Å²) in [6.45, 7) is 6.00. The van der Waals surface area contributed by atoms with E-state index in [2.05, 4.69) is 164 Å². The summed E-state index contributed by atoms with van der Waals surface area (Å²) in [4.78, 5) is 5.06. The number of ether oxygens (including phenoxy) is 2. The molecule has 6 rings (SSSR count). The van der Waals surface area contributed by atoms with Gasteiger partial charge in [-0.15, -0.1) is 0 Å². The van der Waals surface area contributed by atoms with Gasteiger partial charge in [-0.3, -0.25) is 4.98 Å². The molecular weight excluding hydrogens is 663 g/mol. The molecule has 0 atom stereocenters. The lowest BCUT2D eigenvalue weighted by Crippen LogP contribution is -2.70. The predicted octanol–water partition coefficient (Wildman–Crippen LogP) is 8.36. The van der Waals surface area contributed by atoms with Gasteiger partial charge in [0.25, 0.3) is 0 Å². The van der Waals surface area contributed by atoms with Gasteiger partial charge in [-0.1, -0.05) is 168 Å². The molecule has 0 aliphatic rings. The SMILES string of the molecule is CCCCCCOc1ccc([Si](Cn2ccnc2BC(c2ccccc2)c2ccccc2)(c2ccccc2)c2ccc(OCCCCCC)cc2)cc1. The Morgan fingerprint density at radius 2 is 1.00 bits per heavy atom. The number of unbranched alkanes of at least 4 members (excludes halogenated alkanes) is 6. The molecule has 0 fully saturated rings. The van der Waals surface area contributed by atoms with Crippen molar-refractivity contribution in [1.29, 1.82) is 0 Å². The first-order valence-corrected chi connectivity index (χ1v) is 22.0. The number of hydrogen-bond donors (Lipinski definition) is 0. The van der Waals surface area contributed by atoms with Crippen LogP contribution >= 0.6 is 0 Å². The van der Waals surface area contributed by atoms with Crippen LogP contribution in [0.15, 0.2) is 152 Å². The number of nitrogens with zero attached hydrogens (tertiary/aromatic N) is 2. The second-order valence-corrected chi connectivity index (χ2v) is 18.0. The van der Waals surface area contributed by atoms with Crippen molar-refractivity contribution >= 4 is 36.6 Å². The summed E-state index contributed by atoms with van der Waals surface area (Å²) >= 11 is 0. The lowest BCUT2D eigenvalue weighted by Gasteiger charge is -2.35. The number of imidazole rings is 1. The van der Waals surface area contributed by atoms with Gasteiger partial charge in [0.2, 0.25) is 7.28 Å². The van der Waals surface area contributed by atoms with Crippen molar-refractivity contribution in [2.24, 2.45) is 0 Å². The second-order valence-electron chi connectivity index (χ2n) is 14.2. The summed E-state index contributed by atoms with van der Waals surface area (Å²) in [6.07, 6.45) is 14.5. The smallest absolute Gasteiger partial charge is 0.217 e. The second kappa shape index (κ2) is 19.9. The molecule has 1 heterocycles. The molecule has 5 aromatic carbocycles. The number of hydrogen-bond acceptors (Lipinski definition) is 3. The molecule has 0 aliphatic heterocycles. The third kappa shape index (κ3) is 10.00. The Kier molecular flexibility index (Phi) is 14.2. The lowest BCUT2D eigenvalue weighted by atomic mass is 9.58. The molecule has 0 aliphatic carbocycles. The Labute approximate surface area is 319 Å². The first kappa shape index (κ1) is 37.9. The zero-order chi connectivity index (χ0) is 36.6. The first-order valence-electron chi connectivity index (χ1n) is 19.8. The molecule has 53 heavy (non-hydrogen) atoms. The molecule has 6 aromatic rings. The van der Waals surface area contributed by atoms with Crippen LogP contribution in [-0.4, -0.2) is 38.1 Å². The average Bonchev–Trinajstić information content (AvgIpc) is 3.66. The maximum absolute atomic E-state index is 6.25. The van der Waals surface area contributed by atoms with Crippen LogP contribution < -0.4 is 30.8 Å². The van der Waals surface area contributed by atoms with Crippen molar-refractivity contribution in [2.75, 3.05) is 13.2 Å². The van der Waals surface area contributed by atoms with Crippen LogP contribution in [0.2, 0.25) is 0 Å². The molecule has 272 valence electrons. The van der Waals surface area contributed by atoms with Crippen LogP contribution in [0.4, 0.5) is 0 Å². The van der Waals surface area contributed by atoms with E-state index in [0.717, 1.165) is 56.7 Å². The molecule has 0 saturated heterocycles. The van der Waals surface area contributed by atoms with Crippen LogP contribution in [0.1, 0.15) is 82.2 Å². The van der Waals surface area contributed by atoms with Crippen molar-refractivity contribution in [2.45, 2.75) is 77.2 Å². The first-order chi connectivity index (χ1) is 26.2. The molecule has 0 radical (unpaired) electrons. The number of aromatic nitrogens is 2. The summed E-state index contributed by atoms with van der Waals surface area (Å²) in [5.41, 5.74) is 3.69. The molecule has 1 aromatic heterocycles. The summed E-state index contributed by atoms with van der Waals surface area (Å²) in [7, 11) is -1.90. The fourth-order valence-electron chi connectivity index (χ4n) is 7.52. The van der Waals surface area contributed by atoms with Crippen LogP contribution in [0, 0.1) is 0 Å². The number of benzene rings is 5. The van der Waals surface area contributed by atoms with Gasteiger partial charge in [0, 0.05) is 18.6 Å². The lowest BCUT2D eigenvalue weighted by molar-refractivity contribution is 0.305. The molecule has 0 spiro atoms. The van der Waals surface area contributed by atoms with E-state index >= 15 is 0 Å². The molecule has 0 saturated carbocycles. The highest BCUT2D eigenvalue weighted by Gasteiger charge is 2.40. The van der Waals surface area contributed by atoms with E-state index in [0.29, 0.717) is 0 Å². The van der Waals surface area contributed by atoms with Crippen molar-refractivity contribution < 1.29 is 9.47 Å². The Morgan fingerprint density at radius 1 is 0.547 bits per heavy atom. The van der Waals surface area contributed by atoms with Gasteiger partial charge in [0.05, 0.1) is 18.9 Å². The van der Waals surface area contributed by atoms with Gasteiger partial charge >= 0.3 is 0 Å². The van der Waals surface area contributed by atoms with Crippen molar-refractivity contribution in [3.05, 3.63) is 163 Å². The van der Waals surface area contributed by atoms with E-state index in [1.54, 1.807) is 0 Å². The quantitative estimate of drug-likeness (QED) is 0.0427. The Hall–Kier alpha value is -4.81. The largest absolute Gasteiger partial charge is 0.494 e. The average molecular weight is 719 g/mol. The van der Waals surface area contributed by atoms with Gasteiger partial charge < -0.3 is 14.0 Å². The Bertz CT molecular complexity index is 1800. The van der Waals surface area contributed by atoms with Crippen LogP contribution in [-0.2, 0) is 6.17 Å². The molecular formula is C47H55BN2O2Si. The third-order valence-electron chi connectivity index (χ3n) is 10.5. The molecule has 6 heteroatoms. The highest BCUT2D eigenvalue weighted by molar-refractivity contribution is 7.10. The van der Waals surface area contributed by atoms with Crippen LogP contribution in [0.3, 0.4) is 0 Å². The van der Waals surface area contributed by atoms with Gasteiger partial charge in [-0.05, 0) is 69.6 Å². The van der Waals surface area contributed by atoms with Gasteiger partial charge in [-0.2, -0.15) is 0 Å². The maximum Gasteiger partial charge on any atom is 0.217 e. The van der Waals surface area contributed by atoms with Crippen LogP contribution in [0.25, 0.3) is 0 Å². The monoisotopic (exact) mass is 718 g/mol. The predicted molar refractivity (Wildman–Crippen MR) is 227 cm³/mol. The fourth-order valence-corrected chi connectivity index (χ4v) is 12.1. The summed E-state index contributed by atoms with van der Waals surface area (Å²) in [6, 6.07) is 50.9. The van der Waals surface area contributed by atoms with Crippen molar-refractivity contribution in [3.63, 3.8) is 0 Å².